The van der Waals surface area contributed by atoms with Gasteiger partial charge in [-0.3, -0.25) is 9.59 Å². The molecule has 1 aliphatic heterocycles. The van der Waals surface area contributed by atoms with Crippen LogP contribution in [-0.2, 0) is 9.59 Å². The summed E-state index contributed by atoms with van der Waals surface area (Å²) in [6.45, 7) is 3.16. The van der Waals surface area contributed by atoms with E-state index in [4.69, 9.17) is 5.11 Å². The molecule has 1 heterocycles. The number of nitrogens with zero attached hydrogens (tertiary/aromatic N) is 1. The molecule has 2 N–H and O–H groups in total. The summed E-state index contributed by atoms with van der Waals surface area (Å²) in [5, 5.41) is 18.0. The molecule has 2 atom stereocenters. The second kappa shape index (κ2) is 6.59. The average molecular weight is 243 g/mol. The molecule has 1 rings (SSSR count). The number of carboxylic acids is 1. The monoisotopic (exact) mass is 243 g/mol. The van der Waals surface area contributed by atoms with Gasteiger partial charge in [-0.05, 0) is 25.2 Å². The number of rotatable bonds is 5. The van der Waals surface area contributed by atoms with Crippen molar-refractivity contribution in [1.82, 2.24) is 4.90 Å². The third-order valence-electron chi connectivity index (χ3n) is 3.24. The van der Waals surface area contributed by atoms with E-state index in [-0.39, 0.29) is 24.3 Å². The summed E-state index contributed by atoms with van der Waals surface area (Å²) in [4.78, 5) is 23.9. The summed E-state index contributed by atoms with van der Waals surface area (Å²) in [6, 6.07) is 0. The zero-order valence-electron chi connectivity index (χ0n) is 10.3. The van der Waals surface area contributed by atoms with Crippen LogP contribution in [-0.4, -0.2) is 46.2 Å². The number of carboxylic acid groups (broad SMARTS) is 1. The van der Waals surface area contributed by atoms with Gasteiger partial charge >= 0.3 is 5.97 Å². The number of carbonyl (C=O) groups excluding carboxylic acids is 1. The predicted molar refractivity (Wildman–Crippen MR) is 62.5 cm³/mol. The van der Waals surface area contributed by atoms with Gasteiger partial charge < -0.3 is 15.1 Å². The highest BCUT2D eigenvalue weighted by molar-refractivity contribution is 5.76. The fourth-order valence-corrected chi connectivity index (χ4v) is 2.07. The molecule has 1 saturated heterocycles. The molecule has 0 spiro atoms. The van der Waals surface area contributed by atoms with Gasteiger partial charge in [0.1, 0.15) is 0 Å². The van der Waals surface area contributed by atoms with Gasteiger partial charge in [0.25, 0.3) is 0 Å². The molecule has 1 fully saturated rings. The molecule has 5 heteroatoms. The zero-order chi connectivity index (χ0) is 12.8. The van der Waals surface area contributed by atoms with Gasteiger partial charge in [0.15, 0.2) is 0 Å². The maximum absolute atomic E-state index is 11.8. The van der Waals surface area contributed by atoms with Crippen LogP contribution in [0.4, 0.5) is 0 Å². The molecule has 0 aromatic heterocycles. The van der Waals surface area contributed by atoms with Crippen LogP contribution >= 0.6 is 0 Å². The molecule has 0 aromatic carbocycles. The molecule has 17 heavy (non-hydrogen) atoms. The van der Waals surface area contributed by atoms with Crippen LogP contribution in [0.5, 0.6) is 0 Å². The molecular weight excluding hydrogens is 222 g/mol. The highest BCUT2D eigenvalue weighted by Crippen LogP contribution is 2.17. The number of unbranched alkanes of at least 4 members (excludes halogenated alkanes) is 1. The Labute approximate surface area is 101 Å². The van der Waals surface area contributed by atoms with Crippen molar-refractivity contribution in [2.24, 2.45) is 5.92 Å². The van der Waals surface area contributed by atoms with Crippen molar-refractivity contribution >= 4 is 11.9 Å². The molecule has 2 unspecified atom stereocenters. The highest BCUT2D eigenvalue weighted by Gasteiger charge is 2.26. The Morgan fingerprint density at radius 3 is 2.53 bits per heavy atom. The minimum Gasteiger partial charge on any atom is -0.481 e. The Balaban J connectivity index is 2.21. The lowest BCUT2D eigenvalue weighted by molar-refractivity contribution is -0.138. The summed E-state index contributed by atoms with van der Waals surface area (Å²) in [5.74, 6) is -0.604. The van der Waals surface area contributed by atoms with E-state index in [1.807, 2.05) is 6.92 Å². The van der Waals surface area contributed by atoms with Gasteiger partial charge in [-0.2, -0.15) is 0 Å². The Morgan fingerprint density at radius 2 is 1.94 bits per heavy atom. The molecule has 1 amide bonds. The SMILES string of the molecule is CC1CN(C(=O)CCCCC(=O)O)CCC1O. The van der Waals surface area contributed by atoms with Gasteiger partial charge in [0.05, 0.1) is 6.10 Å². The topological polar surface area (TPSA) is 77.8 Å². The molecule has 0 aromatic rings. The maximum Gasteiger partial charge on any atom is 0.303 e. The number of amides is 1. The van der Waals surface area contributed by atoms with Gasteiger partial charge in [0.2, 0.25) is 5.91 Å². The smallest absolute Gasteiger partial charge is 0.303 e. The van der Waals surface area contributed by atoms with Crippen LogP contribution in [0.1, 0.15) is 39.0 Å². The van der Waals surface area contributed by atoms with Crippen molar-refractivity contribution in [2.75, 3.05) is 13.1 Å². The second-order valence-corrected chi connectivity index (χ2v) is 4.77. The third kappa shape index (κ3) is 4.73. The Kier molecular flexibility index (Phi) is 5.41. The van der Waals surface area contributed by atoms with Crippen molar-refractivity contribution in [3.8, 4) is 0 Å². The van der Waals surface area contributed by atoms with E-state index in [1.165, 1.54) is 0 Å². The first-order valence-electron chi connectivity index (χ1n) is 6.18. The van der Waals surface area contributed by atoms with Crippen LogP contribution < -0.4 is 0 Å². The Hall–Kier alpha value is -1.10. The van der Waals surface area contributed by atoms with Crippen molar-refractivity contribution < 1.29 is 19.8 Å². The van der Waals surface area contributed by atoms with Crippen molar-refractivity contribution in [1.29, 1.82) is 0 Å². The summed E-state index contributed by atoms with van der Waals surface area (Å²) in [7, 11) is 0. The summed E-state index contributed by atoms with van der Waals surface area (Å²) in [5.41, 5.74) is 0. The van der Waals surface area contributed by atoms with Crippen molar-refractivity contribution in [3.63, 3.8) is 0 Å². The number of piperidine rings is 1. The number of aliphatic hydroxyl groups is 1. The van der Waals surface area contributed by atoms with Crippen molar-refractivity contribution in [3.05, 3.63) is 0 Å². The van der Waals surface area contributed by atoms with Crippen LogP contribution in [0.15, 0.2) is 0 Å². The number of carbonyl (C=O) groups is 2. The first-order valence-corrected chi connectivity index (χ1v) is 6.18. The van der Waals surface area contributed by atoms with Crippen LogP contribution in [0, 0.1) is 5.92 Å². The largest absolute Gasteiger partial charge is 0.481 e. The van der Waals surface area contributed by atoms with E-state index in [0.717, 1.165) is 0 Å². The van der Waals surface area contributed by atoms with E-state index in [9.17, 15) is 14.7 Å². The van der Waals surface area contributed by atoms with Crippen LogP contribution in [0.25, 0.3) is 0 Å². The van der Waals surface area contributed by atoms with E-state index in [2.05, 4.69) is 0 Å². The molecular formula is C12H21NO4. The minimum absolute atomic E-state index is 0.0779. The maximum atomic E-state index is 11.8. The number of hydrogen-bond donors (Lipinski definition) is 2. The first-order chi connectivity index (χ1) is 8.00. The summed E-state index contributed by atoms with van der Waals surface area (Å²) < 4.78 is 0. The lowest BCUT2D eigenvalue weighted by atomic mass is 9.96. The van der Waals surface area contributed by atoms with Crippen LogP contribution in [0.2, 0.25) is 0 Å². The number of aliphatic carboxylic acids is 1. The molecule has 0 saturated carbocycles. The minimum atomic E-state index is -0.813. The zero-order valence-corrected chi connectivity index (χ0v) is 10.3. The normalized spacial score (nSPS) is 24.7. The van der Waals surface area contributed by atoms with Gasteiger partial charge in [0, 0.05) is 25.9 Å². The predicted octanol–water partition coefficient (Wildman–Crippen LogP) is 0.861. The average Bonchev–Trinajstić information content (AvgIpc) is 2.27. The molecule has 98 valence electrons. The summed E-state index contributed by atoms with van der Waals surface area (Å²) >= 11 is 0. The fraction of sp³-hybridized carbons (Fsp3) is 0.833. The summed E-state index contributed by atoms with van der Waals surface area (Å²) in [6.07, 6.45) is 2.05. The molecule has 0 radical (unpaired) electrons. The van der Waals surface area contributed by atoms with E-state index >= 15 is 0 Å². The van der Waals surface area contributed by atoms with E-state index in [1.54, 1.807) is 4.90 Å². The Morgan fingerprint density at radius 1 is 1.29 bits per heavy atom. The fourth-order valence-electron chi connectivity index (χ4n) is 2.07. The molecule has 1 aliphatic rings. The quantitative estimate of drug-likeness (QED) is 0.702. The Bertz CT molecular complexity index is 280. The molecule has 0 aliphatic carbocycles. The van der Waals surface area contributed by atoms with Gasteiger partial charge in [-0.25, -0.2) is 0 Å². The standard InChI is InChI=1S/C12H21NO4/c1-9-8-13(7-6-10(9)14)11(15)4-2-3-5-12(16)17/h9-10,14H,2-8H2,1H3,(H,16,17). The van der Waals surface area contributed by atoms with E-state index in [0.29, 0.717) is 38.8 Å². The lowest BCUT2D eigenvalue weighted by Crippen LogP contribution is -2.44. The number of likely N-dealkylation sites (tertiary alicyclic amines) is 1. The first kappa shape index (κ1) is 14.0. The molecule has 0 bridgehead atoms. The number of aliphatic hydroxyl groups excluding tert-OH is 1. The van der Waals surface area contributed by atoms with Gasteiger partial charge in [-0.15, -0.1) is 0 Å². The lowest BCUT2D eigenvalue weighted by Gasteiger charge is -2.34. The number of hydrogen-bond acceptors (Lipinski definition) is 3. The van der Waals surface area contributed by atoms with Crippen molar-refractivity contribution in [2.45, 2.75) is 45.1 Å². The third-order valence-corrected chi connectivity index (χ3v) is 3.24. The second-order valence-electron chi connectivity index (χ2n) is 4.77. The van der Waals surface area contributed by atoms with E-state index < -0.39 is 5.97 Å². The molecule has 5 nitrogen and oxygen atoms in total. The van der Waals surface area contributed by atoms with Gasteiger partial charge in [-0.1, -0.05) is 6.92 Å². The highest BCUT2D eigenvalue weighted by atomic mass is 16.4. The van der Waals surface area contributed by atoms with Crippen LogP contribution in [0.3, 0.4) is 0 Å².